The van der Waals surface area contributed by atoms with E-state index in [0.29, 0.717) is 29.5 Å². The van der Waals surface area contributed by atoms with Gasteiger partial charge in [-0.15, -0.1) is 0 Å². The van der Waals surface area contributed by atoms with Gasteiger partial charge < -0.3 is 10.2 Å². The predicted molar refractivity (Wildman–Crippen MR) is 150 cm³/mol. The van der Waals surface area contributed by atoms with Gasteiger partial charge in [-0.3, -0.25) is 9.59 Å². The van der Waals surface area contributed by atoms with Crippen LogP contribution in [0.5, 0.6) is 0 Å². The fraction of sp³-hybridized carbons (Fsp3) is 0.303. The summed E-state index contributed by atoms with van der Waals surface area (Å²) in [5, 5.41) is 12.9. The van der Waals surface area contributed by atoms with Crippen LogP contribution >= 0.6 is 0 Å². The smallest absolute Gasteiger partial charge is 0.235 e. The molecule has 0 saturated carbocycles. The lowest BCUT2D eigenvalue weighted by atomic mass is 9.79. The van der Waals surface area contributed by atoms with Crippen molar-refractivity contribution in [3.63, 3.8) is 0 Å². The maximum absolute atomic E-state index is 14.0. The number of hydrogen-bond donors (Lipinski definition) is 1. The first-order chi connectivity index (χ1) is 18.9. The Labute approximate surface area is 233 Å². The lowest BCUT2D eigenvalue weighted by molar-refractivity contribution is -0.141. The maximum atomic E-state index is 14.0. The lowest BCUT2D eigenvalue weighted by Crippen LogP contribution is -2.41. The second-order valence-corrected chi connectivity index (χ2v) is 11.7. The Kier molecular flexibility index (Phi) is 6.83. The fourth-order valence-electron chi connectivity index (χ4n) is 5.85. The van der Waals surface area contributed by atoms with Gasteiger partial charge in [0.2, 0.25) is 11.8 Å². The van der Waals surface area contributed by atoms with Gasteiger partial charge in [0, 0.05) is 23.7 Å². The third kappa shape index (κ3) is 4.79. The molecule has 2 aliphatic rings. The summed E-state index contributed by atoms with van der Waals surface area (Å²) in [5.41, 5.74) is 3.93. The number of nitrogens with zero attached hydrogens (tertiary/aromatic N) is 2. The van der Waals surface area contributed by atoms with E-state index in [1.54, 1.807) is 44.7 Å². The number of amides is 2. The summed E-state index contributed by atoms with van der Waals surface area (Å²) in [6.07, 6.45) is 4.66. The summed E-state index contributed by atoms with van der Waals surface area (Å²) in [6, 6.07) is 16.5. The van der Waals surface area contributed by atoms with Gasteiger partial charge in [-0.1, -0.05) is 57.2 Å². The second kappa shape index (κ2) is 10.0. The molecule has 1 N–H and O–H groups in total. The van der Waals surface area contributed by atoms with Crippen molar-refractivity contribution in [3.05, 3.63) is 106 Å². The number of halogens is 2. The Balaban J connectivity index is 1.44. The number of nitrogens with one attached hydrogen (secondary N) is 1. The molecule has 1 heterocycles. The molecular formula is C33H31F2N3O2. The van der Waals surface area contributed by atoms with Crippen LogP contribution in [-0.4, -0.2) is 23.3 Å². The van der Waals surface area contributed by atoms with E-state index in [-0.39, 0.29) is 18.4 Å². The van der Waals surface area contributed by atoms with Crippen LogP contribution in [0.4, 0.5) is 14.5 Å². The van der Waals surface area contributed by atoms with Gasteiger partial charge in [-0.25, -0.2) is 8.78 Å². The molecule has 0 aromatic heterocycles. The molecule has 204 valence electrons. The Morgan fingerprint density at radius 2 is 1.75 bits per heavy atom. The number of carbonyl (C=O) groups is 2. The topological polar surface area (TPSA) is 73.2 Å². The molecule has 2 amide bonds. The maximum Gasteiger partial charge on any atom is 0.235 e. The van der Waals surface area contributed by atoms with Crippen molar-refractivity contribution in [1.29, 1.82) is 5.26 Å². The minimum Gasteiger partial charge on any atom is -0.332 e. The summed E-state index contributed by atoms with van der Waals surface area (Å²) in [6.45, 7) is 7.31. The molecule has 5 nitrogen and oxygen atoms in total. The zero-order valence-electron chi connectivity index (χ0n) is 23.0. The van der Waals surface area contributed by atoms with E-state index in [2.05, 4.69) is 11.4 Å². The van der Waals surface area contributed by atoms with Crippen LogP contribution in [0.25, 0.3) is 6.08 Å². The molecule has 1 spiro atoms. The quantitative estimate of drug-likeness (QED) is 0.404. The molecule has 1 aliphatic heterocycles. The van der Waals surface area contributed by atoms with E-state index in [4.69, 9.17) is 0 Å². The standard InChI is InChI=1S/C33H31F2N3O2/c1-20(22-14-26(34)16-27(35)15-22)38(31(40)32(2,3)4)11-7-8-21-12-23-17-33(18-24(23)13-25(21)19-36)28-9-5-6-10-29(28)37-30(33)39/h5-10,12-16,20H,11,17-18H2,1-4H3,(H,37,39)/b8-7+/t20-,33+/m1/s1. The molecule has 3 aromatic rings. The highest BCUT2D eigenvalue weighted by molar-refractivity contribution is 6.07. The summed E-state index contributed by atoms with van der Waals surface area (Å²) >= 11 is 0. The van der Waals surface area contributed by atoms with Crippen LogP contribution in [0.1, 0.15) is 67.1 Å². The monoisotopic (exact) mass is 539 g/mol. The number of para-hydroxylation sites is 1. The SMILES string of the molecule is C[C@H](c1cc(F)cc(F)c1)N(C/C=C/c1cc2c(cc1C#N)C[C@]1(C2)C(=O)Nc2ccccc21)C(=O)C(C)(C)C. The van der Waals surface area contributed by atoms with Crippen molar-refractivity contribution in [3.8, 4) is 6.07 Å². The van der Waals surface area contributed by atoms with Crippen LogP contribution < -0.4 is 5.32 Å². The molecule has 1 aliphatic carbocycles. The number of carbonyl (C=O) groups excluding carboxylic acids is 2. The minimum atomic E-state index is -0.716. The highest BCUT2D eigenvalue weighted by atomic mass is 19.1. The number of hydrogen-bond acceptors (Lipinski definition) is 3. The lowest BCUT2D eigenvalue weighted by Gasteiger charge is -2.34. The van der Waals surface area contributed by atoms with Crippen LogP contribution in [0.3, 0.4) is 0 Å². The number of benzene rings is 3. The molecule has 0 bridgehead atoms. The van der Waals surface area contributed by atoms with Gasteiger partial charge in [0.15, 0.2) is 0 Å². The van der Waals surface area contributed by atoms with Crippen molar-refractivity contribution < 1.29 is 18.4 Å². The zero-order chi connectivity index (χ0) is 28.8. The number of fused-ring (bicyclic) bond motifs is 3. The van der Waals surface area contributed by atoms with Crippen LogP contribution in [0.2, 0.25) is 0 Å². The van der Waals surface area contributed by atoms with Crippen molar-refractivity contribution in [2.75, 3.05) is 11.9 Å². The average molecular weight is 540 g/mol. The van der Waals surface area contributed by atoms with E-state index in [1.165, 1.54) is 12.1 Å². The van der Waals surface area contributed by atoms with Gasteiger partial charge in [0.05, 0.1) is 23.1 Å². The number of anilines is 1. The Bertz CT molecular complexity index is 1580. The van der Waals surface area contributed by atoms with E-state index < -0.39 is 28.5 Å². The molecule has 7 heteroatoms. The van der Waals surface area contributed by atoms with E-state index in [1.807, 2.05) is 36.4 Å². The van der Waals surface area contributed by atoms with Gasteiger partial charge in [-0.05, 0) is 71.8 Å². The van der Waals surface area contributed by atoms with Crippen LogP contribution in [0.15, 0.2) is 60.7 Å². The summed E-state index contributed by atoms with van der Waals surface area (Å²) in [4.78, 5) is 28.0. The first kappa shape index (κ1) is 27.3. The van der Waals surface area contributed by atoms with Crippen molar-refractivity contribution >= 4 is 23.6 Å². The van der Waals surface area contributed by atoms with Gasteiger partial charge in [0.25, 0.3) is 0 Å². The fourth-order valence-corrected chi connectivity index (χ4v) is 5.85. The molecular weight excluding hydrogens is 508 g/mol. The van der Waals surface area contributed by atoms with Crippen LogP contribution in [0, 0.1) is 28.4 Å². The van der Waals surface area contributed by atoms with Crippen LogP contribution in [-0.2, 0) is 27.8 Å². The molecule has 2 atom stereocenters. The van der Waals surface area contributed by atoms with E-state index in [9.17, 15) is 23.6 Å². The molecule has 0 unspecified atom stereocenters. The Morgan fingerprint density at radius 1 is 1.10 bits per heavy atom. The zero-order valence-corrected chi connectivity index (χ0v) is 23.0. The largest absolute Gasteiger partial charge is 0.332 e. The summed E-state index contributed by atoms with van der Waals surface area (Å²) < 4.78 is 27.9. The molecule has 0 fully saturated rings. The normalized spacial score (nSPS) is 18.4. The van der Waals surface area contributed by atoms with Gasteiger partial charge >= 0.3 is 0 Å². The van der Waals surface area contributed by atoms with Crippen molar-refractivity contribution in [2.45, 2.75) is 52.0 Å². The Hall–Kier alpha value is -4.31. The number of nitriles is 1. The molecule has 0 radical (unpaired) electrons. The van der Waals surface area contributed by atoms with E-state index >= 15 is 0 Å². The summed E-state index contributed by atoms with van der Waals surface area (Å²) in [7, 11) is 0. The highest BCUT2D eigenvalue weighted by Gasteiger charge is 2.50. The van der Waals surface area contributed by atoms with Gasteiger partial charge in [-0.2, -0.15) is 5.26 Å². The number of rotatable bonds is 5. The van der Waals surface area contributed by atoms with Crippen molar-refractivity contribution in [2.24, 2.45) is 5.41 Å². The average Bonchev–Trinajstić information content (AvgIpc) is 3.40. The van der Waals surface area contributed by atoms with E-state index in [0.717, 1.165) is 28.4 Å². The minimum absolute atomic E-state index is 0.0281. The Morgan fingerprint density at radius 3 is 2.40 bits per heavy atom. The second-order valence-electron chi connectivity index (χ2n) is 11.7. The van der Waals surface area contributed by atoms with Gasteiger partial charge in [0.1, 0.15) is 11.6 Å². The highest BCUT2D eigenvalue weighted by Crippen LogP contribution is 2.47. The summed E-state index contributed by atoms with van der Waals surface area (Å²) in [5.74, 6) is -1.60. The molecule has 0 saturated heterocycles. The first-order valence-corrected chi connectivity index (χ1v) is 13.3. The molecule has 5 rings (SSSR count). The van der Waals surface area contributed by atoms with Crippen molar-refractivity contribution in [1.82, 2.24) is 4.90 Å². The first-order valence-electron chi connectivity index (χ1n) is 13.3. The molecule has 3 aromatic carbocycles. The third-order valence-electron chi connectivity index (χ3n) is 7.94. The predicted octanol–water partition coefficient (Wildman–Crippen LogP) is 6.47. The third-order valence-corrected chi connectivity index (χ3v) is 7.94. The molecule has 40 heavy (non-hydrogen) atoms.